The van der Waals surface area contributed by atoms with Crippen LogP contribution in [0, 0.1) is 27.7 Å². The largest absolute Gasteiger partial charge is 0.427 e. The molecule has 3 aromatic rings. The third-order valence-corrected chi connectivity index (χ3v) is 6.66. The summed E-state index contributed by atoms with van der Waals surface area (Å²) in [6.45, 7) is 9.55. The van der Waals surface area contributed by atoms with Gasteiger partial charge in [0, 0.05) is 6.92 Å². The van der Waals surface area contributed by atoms with Crippen molar-refractivity contribution in [3.8, 4) is 5.75 Å². The van der Waals surface area contributed by atoms with Gasteiger partial charge in [-0.05, 0) is 110 Å². The van der Waals surface area contributed by atoms with Gasteiger partial charge in [0.1, 0.15) is 5.75 Å². The van der Waals surface area contributed by atoms with E-state index in [0.29, 0.717) is 15.8 Å². The summed E-state index contributed by atoms with van der Waals surface area (Å²) in [6, 6.07) is 19.1. The molecule has 6 heteroatoms. The van der Waals surface area contributed by atoms with Gasteiger partial charge in [0.2, 0.25) is 0 Å². The van der Waals surface area contributed by atoms with Crippen molar-refractivity contribution in [3.05, 3.63) is 93.4 Å². The van der Waals surface area contributed by atoms with E-state index in [9.17, 15) is 9.59 Å². The summed E-state index contributed by atoms with van der Waals surface area (Å²) in [6.07, 6.45) is 1.80. The second kappa shape index (κ2) is 9.69. The number of amidine groups is 1. The van der Waals surface area contributed by atoms with Gasteiger partial charge in [-0.25, -0.2) is 4.99 Å². The molecular weight excluding hydrogens is 444 g/mol. The van der Waals surface area contributed by atoms with Gasteiger partial charge in [-0.2, -0.15) is 0 Å². The fourth-order valence-corrected chi connectivity index (χ4v) is 4.53. The molecule has 0 atom stereocenters. The molecule has 5 nitrogen and oxygen atoms in total. The Morgan fingerprint density at radius 2 is 1.62 bits per heavy atom. The van der Waals surface area contributed by atoms with E-state index in [1.807, 2.05) is 56.3 Å². The zero-order valence-electron chi connectivity index (χ0n) is 19.9. The predicted molar refractivity (Wildman–Crippen MR) is 140 cm³/mol. The first-order chi connectivity index (χ1) is 16.2. The van der Waals surface area contributed by atoms with Gasteiger partial charge in [-0.3, -0.25) is 14.5 Å². The van der Waals surface area contributed by atoms with Crippen LogP contribution < -0.4 is 9.64 Å². The lowest BCUT2D eigenvalue weighted by Crippen LogP contribution is -2.28. The fraction of sp³-hybridized carbons (Fsp3) is 0.179. The Morgan fingerprint density at radius 3 is 2.29 bits per heavy atom. The van der Waals surface area contributed by atoms with Gasteiger partial charge < -0.3 is 4.74 Å². The summed E-state index contributed by atoms with van der Waals surface area (Å²) in [5.74, 6) is -0.0964. The van der Waals surface area contributed by atoms with Crippen LogP contribution in [0.3, 0.4) is 0 Å². The number of esters is 1. The van der Waals surface area contributed by atoms with E-state index in [4.69, 9.17) is 9.73 Å². The number of carbonyl (C=O) groups is 2. The molecule has 172 valence electrons. The number of carbonyl (C=O) groups excluding carboxylic acids is 2. The number of aliphatic imine (C=N–C) groups is 1. The average Bonchev–Trinajstić information content (AvgIpc) is 3.07. The van der Waals surface area contributed by atoms with Crippen LogP contribution in [0.5, 0.6) is 5.75 Å². The monoisotopic (exact) mass is 470 g/mol. The number of amides is 1. The van der Waals surface area contributed by atoms with Crippen LogP contribution in [0.25, 0.3) is 6.08 Å². The number of aryl methyl sites for hydroxylation is 4. The first-order valence-corrected chi connectivity index (χ1v) is 11.8. The summed E-state index contributed by atoms with van der Waals surface area (Å²) in [7, 11) is 0. The Hall–Kier alpha value is -3.64. The molecule has 1 aliphatic rings. The summed E-state index contributed by atoms with van der Waals surface area (Å²) < 4.78 is 5.19. The number of thioether (sulfide) groups is 1. The molecule has 0 bridgehead atoms. The number of hydrogen-bond acceptors (Lipinski definition) is 5. The summed E-state index contributed by atoms with van der Waals surface area (Å²) >= 11 is 1.33. The number of rotatable bonds is 4. The summed E-state index contributed by atoms with van der Waals surface area (Å²) in [5, 5.41) is 0.596. The zero-order valence-corrected chi connectivity index (χ0v) is 20.7. The van der Waals surface area contributed by atoms with E-state index in [1.54, 1.807) is 29.2 Å². The van der Waals surface area contributed by atoms with E-state index in [2.05, 4.69) is 13.8 Å². The lowest BCUT2D eigenvalue weighted by molar-refractivity contribution is -0.131. The Morgan fingerprint density at radius 1 is 0.912 bits per heavy atom. The van der Waals surface area contributed by atoms with Crippen molar-refractivity contribution in [1.82, 2.24) is 0 Å². The second-order valence-electron chi connectivity index (χ2n) is 8.35. The molecule has 3 aromatic carbocycles. The quantitative estimate of drug-likeness (QED) is 0.243. The molecule has 1 aliphatic heterocycles. The van der Waals surface area contributed by atoms with E-state index >= 15 is 0 Å². The molecule has 0 spiro atoms. The molecular formula is C28H26N2O3S. The smallest absolute Gasteiger partial charge is 0.308 e. The SMILES string of the molecule is CC(=O)Oc1cccc(/C=C2\SC(=Nc3ccc(C)c(C)c3)N(c3ccc(C)c(C)c3)C2=O)c1. The number of nitrogens with zero attached hydrogens (tertiary/aromatic N) is 2. The highest BCUT2D eigenvalue weighted by Crippen LogP contribution is 2.38. The van der Waals surface area contributed by atoms with Crippen molar-refractivity contribution < 1.29 is 14.3 Å². The second-order valence-corrected chi connectivity index (χ2v) is 9.36. The molecule has 1 heterocycles. The number of hydrogen-bond donors (Lipinski definition) is 0. The Balaban J connectivity index is 1.77. The molecule has 0 unspecified atom stereocenters. The first kappa shape index (κ1) is 23.5. The molecule has 34 heavy (non-hydrogen) atoms. The first-order valence-electron chi connectivity index (χ1n) is 11.0. The van der Waals surface area contributed by atoms with Crippen LogP contribution in [-0.4, -0.2) is 17.0 Å². The van der Waals surface area contributed by atoms with Gasteiger partial charge in [0.25, 0.3) is 5.91 Å². The maximum absolute atomic E-state index is 13.6. The molecule has 1 saturated heterocycles. The van der Waals surface area contributed by atoms with Gasteiger partial charge in [-0.15, -0.1) is 0 Å². The van der Waals surface area contributed by atoms with Crippen LogP contribution in [0.15, 0.2) is 70.6 Å². The van der Waals surface area contributed by atoms with Gasteiger partial charge in [0.15, 0.2) is 5.17 Å². The third kappa shape index (κ3) is 5.13. The van der Waals surface area contributed by atoms with Gasteiger partial charge >= 0.3 is 5.97 Å². The van der Waals surface area contributed by atoms with Crippen LogP contribution >= 0.6 is 11.8 Å². The topological polar surface area (TPSA) is 59.0 Å². The lowest BCUT2D eigenvalue weighted by Gasteiger charge is -2.17. The van der Waals surface area contributed by atoms with Crippen molar-refractivity contribution >= 4 is 46.3 Å². The van der Waals surface area contributed by atoms with Crippen molar-refractivity contribution in [2.24, 2.45) is 4.99 Å². The highest BCUT2D eigenvalue weighted by Gasteiger charge is 2.35. The third-order valence-electron chi connectivity index (χ3n) is 5.69. The molecule has 0 N–H and O–H groups in total. The van der Waals surface area contributed by atoms with Crippen molar-refractivity contribution in [3.63, 3.8) is 0 Å². The van der Waals surface area contributed by atoms with Crippen molar-refractivity contribution in [2.75, 3.05) is 4.90 Å². The Bertz CT molecular complexity index is 1360. The number of anilines is 1. The normalized spacial score (nSPS) is 15.9. The molecule has 0 aromatic heterocycles. The summed E-state index contributed by atoms with van der Waals surface area (Å²) in [4.78, 5) is 31.9. The molecule has 1 amide bonds. The predicted octanol–water partition coefficient (Wildman–Crippen LogP) is 6.65. The zero-order chi connectivity index (χ0) is 24.4. The van der Waals surface area contributed by atoms with Gasteiger partial charge in [-0.1, -0.05) is 24.3 Å². The van der Waals surface area contributed by atoms with Crippen molar-refractivity contribution in [2.45, 2.75) is 34.6 Å². The molecule has 0 radical (unpaired) electrons. The van der Waals surface area contributed by atoms with Crippen molar-refractivity contribution in [1.29, 1.82) is 0 Å². The highest BCUT2D eigenvalue weighted by atomic mass is 32.2. The van der Waals surface area contributed by atoms with Crippen LogP contribution in [-0.2, 0) is 9.59 Å². The standard InChI is InChI=1S/C28H26N2O3S/c1-17-9-11-23(13-19(17)3)29-28-30(24-12-10-18(2)20(4)14-24)27(32)26(34-28)16-22-7-6-8-25(15-22)33-21(5)31/h6-16H,1-5H3/b26-16-,29-28?. The lowest BCUT2D eigenvalue weighted by atomic mass is 10.1. The molecule has 1 fully saturated rings. The number of ether oxygens (including phenoxy) is 1. The van der Waals surface area contributed by atoms with E-state index in [0.717, 1.165) is 33.6 Å². The van der Waals surface area contributed by atoms with E-state index in [1.165, 1.54) is 24.2 Å². The minimum atomic E-state index is -0.389. The van der Waals surface area contributed by atoms with Gasteiger partial charge in [0.05, 0.1) is 16.3 Å². The fourth-order valence-electron chi connectivity index (χ4n) is 3.53. The molecule has 0 saturated carbocycles. The van der Waals surface area contributed by atoms with Crippen LogP contribution in [0.4, 0.5) is 11.4 Å². The highest BCUT2D eigenvalue weighted by molar-refractivity contribution is 8.19. The number of benzene rings is 3. The molecule has 4 rings (SSSR count). The summed E-state index contributed by atoms with van der Waals surface area (Å²) in [5.41, 5.74) is 6.94. The average molecular weight is 471 g/mol. The Kier molecular flexibility index (Phi) is 6.70. The minimum absolute atomic E-state index is 0.145. The maximum Gasteiger partial charge on any atom is 0.308 e. The Labute approximate surface area is 204 Å². The van der Waals surface area contributed by atoms with E-state index in [-0.39, 0.29) is 11.9 Å². The maximum atomic E-state index is 13.6. The van der Waals surface area contributed by atoms with Crippen LogP contribution in [0.1, 0.15) is 34.7 Å². The minimum Gasteiger partial charge on any atom is -0.427 e. The van der Waals surface area contributed by atoms with Crippen LogP contribution in [0.2, 0.25) is 0 Å². The molecule has 0 aliphatic carbocycles. The van der Waals surface area contributed by atoms with E-state index < -0.39 is 0 Å².